The molecule has 0 spiro atoms. The van der Waals surface area contributed by atoms with Crippen molar-refractivity contribution in [3.05, 3.63) is 42.7 Å². The van der Waals surface area contributed by atoms with Crippen molar-refractivity contribution < 1.29 is 4.74 Å². The van der Waals surface area contributed by atoms with E-state index in [9.17, 15) is 0 Å². The zero-order valence-corrected chi connectivity index (χ0v) is 7.29. The zero-order chi connectivity index (χ0) is 8.81. The first-order chi connectivity index (χ1) is 5.83. The molecule has 0 N–H and O–H groups in total. The van der Waals surface area contributed by atoms with Crippen LogP contribution in [0, 0.1) is 6.58 Å². The molecule has 1 heteroatoms. The van der Waals surface area contributed by atoms with E-state index in [-0.39, 0.29) is 0 Å². The van der Waals surface area contributed by atoms with Crippen LogP contribution >= 0.6 is 0 Å². The smallest absolute Gasteiger partial charge is 0.126 e. The molecule has 0 aliphatic carbocycles. The van der Waals surface area contributed by atoms with Gasteiger partial charge in [-0.3, -0.25) is 0 Å². The molecule has 0 bridgehead atoms. The summed E-state index contributed by atoms with van der Waals surface area (Å²) in [5.74, 6) is 1.40. The summed E-state index contributed by atoms with van der Waals surface area (Å²) in [5.41, 5.74) is 0. The molecule has 0 fully saturated rings. The van der Waals surface area contributed by atoms with Gasteiger partial charge in [0.15, 0.2) is 0 Å². The Morgan fingerprint density at radius 1 is 1.33 bits per heavy atom. The average Bonchev–Trinajstić information content (AvgIpc) is 2.06. The molecule has 63 valence electrons. The highest BCUT2D eigenvalue weighted by Gasteiger charge is 1.94. The molecule has 0 unspecified atom stereocenters. The van der Waals surface area contributed by atoms with E-state index in [2.05, 4.69) is 6.92 Å². The quantitative estimate of drug-likeness (QED) is 0.616. The lowest BCUT2D eigenvalue weighted by atomic mass is 10.3. The summed E-state index contributed by atoms with van der Waals surface area (Å²) in [7, 11) is 0. The van der Waals surface area contributed by atoms with Gasteiger partial charge in [-0.2, -0.15) is 0 Å². The van der Waals surface area contributed by atoms with E-state index in [1.165, 1.54) is 0 Å². The number of ether oxygens (including phenoxy) is 1. The third-order valence-corrected chi connectivity index (χ3v) is 1.49. The van der Waals surface area contributed by atoms with E-state index in [0.29, 0.717) is 5.76 Å². The van der Waals surface area contributed by atoms with E-state index < -0.39 is 0 Å². The molecule has 0 saturated carbocycles. The van der Waals surface area contributed by atoms with Crippen LogP contribution in [0.1, 0.15) is 19.8 Å². The minimum absolute atomic E-state index is 0.587. The van der Waals surface area contributed by atoms with Crippen LogP contribution < -0.4 is 4.74 Å². The molecular weight excluding hydrogens is 148 g/mol. The molecule has 1 rings (SSSR count). The number of para-hydroxylation sites is 1. The first-order valence-corrected chi connectivity index (χ1v) is 4.17. The Balaban J connectivity index is 2.47. The predicted molar refractivity (Wildman–Crippen MR) is 49.8 cm³/mol. The number of allylic oxidation sites excluding steroid dienone is 1. The van der Waals surface area contributed by atoms with Crippen molar-refractivity contribution in [2.24, 2.45) is 0 Å². The first kappa shape index (κ1) is 8.85. The van der Waals surface area contributed by atoms with Gasteiger partial charge in [0.1, 0.15) is 11.5 Å². The van der Waals surface area contributed by atoms with Crippen molar-refractivity contribution in [3.63, 3.8) is 0 Å². The third-order valence-electron chi connectivity index (χ3n) is 1.49. The summed E-state index contributed by atoms with van der Waals surface area (Å²) in [6, 6.07) is 9.58. The van der Waals surface area contributed by atoms with E-state index >= 15 is 0 Å². The van der Waals surface area contributed by atoms with Crippen molar-refractivity contribution >= 4 is 0 Å². The van der Waals surface area contributed by atoms with Crippen LogP contribution in [0.4, 0.5) is 0 Å². The Labute approximate surface area is 73.7 Å². The molecule has 0 atom stereocenters. The second-order valence-electron chi connectivity index (χ2n) is 2.63. The Hall–Kier alpha value is -1.24. The van der Waals surface area contributed by atoms with Gasteiger partial charge in [0.05, 0.1) is 0 Å². The molecule has 1 aromatic carbocycles. The number of rotatable bonds is 4. The van der Waals surface area contributed by atoms with Crippen LogP contribution in [-0.4, -0.2) is 0 Å². The molecule has 1 aromatic rings. The minimum Gasteiger partial charge on any atom is -0.462 e. The maximum atomic E-state index is 5.61. The van der Waals surface area contributed by atoms with Crippen LogP contribution in [-0.2, 0) is 0 Å². The van der Waals surface area contributed by atoms with Crippen molar-refractivity contribution in [3.8, 4) is 5.75 Å². The molecular formula is C11H13O. The molecule has 0 saturated heterocycles. The molecule has 0 heterocycles. The van der Waals surface area contributed by atoms with Gasteiger partial charge < -0.3 is 4.74 Å². The molecule has 1 radical (unpaired) electrons. The van der Waals surface area contributed by atoms with Crippen molar-refractivity contribution in [1.82, 2.24) is 0 Å². The Kier molecular flexibility index (Phi) is 3.39. The van der Waals surface area contributed by atoms with Crippen LogP contribution in [0.5, 0.6) is 5.75 Å². The van der Waals surface area contributed by atoms with Gasteiger partial charge in [0.2, 0.25) is 0 Å². The molecule has 0 aliphatic rings. The van der Waals surface area contributed by atoms with Crippen LogP contribution in [0.25, 0.3) is 0 Å². The predicted octanol–water partition coefficient (Wildman–Crippen LogP) is 3.18. The fourth-order valence-electron chi connectivity index (χ4n) is 0.937. The second kappa shape index (κ2) is 4.60. The Bertz CT molecular complexity index is 238. The van der Waals surface area contributed by atoms with Crippen molar-refractivity contribution in [1.29, 1.82) is 0 Å². The lowest BCUT2D eigenvalue weighted by Gasteiger charge is -2.06. The van der Waals surface area contributed by atoms with Crippen LogP contribution in [0.2, 0.25) is 0 Å². The SMILES string of the molecule is [CH]=C(CCC)Oc1ccccc1. The van der Waals surface area contributed by atoms with Crippen LogP contribution in [0.15, 0.2) is 36.1 Å². The summed E-state index contributed by atoms with van der Waals surface area (Å²) in [6.07, 6.45) is 1.83. The maximum Gasteiger partial charge on any atom is 0.126 e. The fraction of sp³-hybridized carbons (Fsp3) is 0.273. The van der Waals surface area contributed by atoms with E-state index in [1.807, 2.05) is 30.3 Å². The normalized spacial score (nSPS) is 9.42. The highest BCUT2D eigenvalue weighted by molar-refractivity contribution is 5.22. The number of hydrogen-bond donors (Lipinski definition) is 0. The standard InChI is InChI=1S/C11H13O/c1-3-7-10(2)12-11-8-5-4-6-9-11/h2,4-6,8-9H,3,7H2,1H3. The molecule has 0 aromatic heterocycles. The first-order valence-electron chi connectivity index (χ1n) is 4.17. The highest BCUT2D eigenvalue weighted by atomic mass is 16.5. The Morgan fingerprint density at radius 2 is 2.00 bits per heavy atom. The molecule has 1 nitrogen and oxygen atoms in total. The van der Waals surface area contributed by atoms with Crippen LogP contribution in [0.3, 0.4) is 0 Å². The molecule has 0 amide bonds. The maximum absolute atomic E-state index is 5.61. The third kappa shape index (κ3) is 2.79. The largest absolute Gasteiger partial charge is 0.462 e. The van der Waals surface area contributed by atoms with Gasteiger partial charge >= 0.3 is 0 Å². The van der Waals surface area contributed by atoms with Crippen molar-refractivity contribution in [2.45, 2.75) is 19.8 Å². The summed E-state index contributed by atoms with van der Waals surface area (Å²) in [4.78, 5) is 0. The zero-order valence-electron chi connectivity index (χ0n) is 7.29. The van der Waals surface area contributed by atoms with Gasteiger partial charge in [-0.1, -0.05) is 25.1 Å². The molecule has 12 heavy (non-hydrogen) atoms. The van der Waals surface area contributed by atoms with E-state index in [4.69, 9.17) is 11.3 Å². The van der Waals surface area contributed by atoms with E-state index in [0.717, 1.165) is 18.6 Å². The lowest BCUT2D eigenvalue weighted by molar-refractivity contribution is 0.402. The monoisotopic (exact) mass is 161 g/mol. The number of benzene rings is 1. The summed E-state index contributed by atoms with van der Waals surface area (Å²) < 4.78 is 5.35. The van der Waals surface area contributed by atoms with Gasteiger partial charge in [0, 0.05) is 6.42 Å². The van der Waals surface area contributed by atoms with Gasteiger partial charge in [0.25, 0.3) is 0 Å². The van der Waals surface area contributed by atoms with Gasteiger partial charge in [-0.15, -0.1) is 0 Å². The second-order valence-corrected chi connectivity index (χ2v) is 2.63. The van der Waals surface area contributed by atoms with Gasteiger partial charge in [-0.25, -0.2) is 0 Å². The lowest BCUT2D eigenvalue weighted by Crippen LogP contribution is -1.92. The van der Waals surface area contributed by atoms with Gasteiger partial charge in [-0.05, 0) is 25.1 Å². The minimum atomic E-state index is 0.587. The topological polar surface area (TPSA) is 9.23 Å². The average molecular weight is 161 g/mol. The van der Waals surface area contributed by atoms with E-state index in [1.54, 1.807) is 0 Å². The summed E-state index contributed by atoms with van der Waals surface area (Å²) in [6.45, 7) is 7.68. The summed E-state index contributed by atoms with van der Waals surface area (Å²) in [5, 5.41) is 0. The van der Waals surface area contributed by atoms with Crippen molar-refractivity contribution in [2.75, 3.05) is 0 Å². The molecule has 0 aliphatic heterocycles. The Morgan fingerprint density at radius 3 is 2.58 bits per heavy atom. The number of hydrogen-bond acceptors (Lipinski definition) is 1. The fourth-order valence-corrected chi connectivity index (χ4v) is 0.937. The summed E-state index contributed by atoms with van der Waals surface area (Å²) >= 11 is 0. The highest BCUT2D eigenvalue weighted by Crippen LogP contribution is 2.13.